The quantitative estimate of drug-likeness (QED) is 0.819. The maximum Gasteiger partial charge on any atom is 0.320 e. The van der Waals surface area contributed by atoms with Gasteiger partial charge in [0.25, 0.3) is 0 Å². The lowest BCUT2D eigenvalue weighted by Gasteiger charge is -2.16. The van der Waals surface area contributed by atoms with Crippen LogP contribution in [0.25, 0.3) is 0 Å². The highest BCUT2D eigenvalue weighted by atomic mass is 16.4. The molecule has 1 aliphatic carbocycles. The standard InChI is InChI=1S/C14H17NO2/c16-14(17)13-8-7-12(15-13)11-6-2-4-9-3-1-5-10(9)11/h2,4,6,12-13,15H,1,3,5,7-8H2,(H,16,17)/t12-,13-/m0/s1. The normalized spacial score (nSPS) is 27.1. The zero-order chi connectivity index (χ0) is 11.8. The topological polar surface area (TPSA) is 49.3 Å². The first-order chi connectivity index (χ1) is 8.25. The van der Waals surface area contributed by atoms with Gasteiger partial charge in [-0.1, -0.05) is 18.2 Å². The fraction of sp³-hybridized carbons (Fsp3) is 0.500. The Bertz CT molecular complexity index is 456. The van der Waals surface area contributed by atoms with E-state index in [1.54, 1.807) is 0 Å². The molecule has 1 heterocycles. The molecule has 1 saturated heterocycles. The van der Waals surface area contributed by atoms with Crippen LogP contribution >= 0.6 is 0 Å². The van der Waals surface area contributed by atoms with Crippen LogP contribution in [0, 0.1) is 0 Å². The van der Waals surface area contributed by atoms with E-state index in [1.165, 1.54) is 29.5 Å². The molecule has 90 valence electrons. The van der Waals surface area contributed by atoms with E-state index in [2.05, 4.69) is 23.5 Å². The van der Waals surface area contributed by atoms with E-state index in [-0.39, 0.29) is 12.1 Å². The molecule has 1 aromatic rings. The second kappa shape index (κ2) is 4.15. The third-order valence-corrected chi connectivity index (χ3v) is 4.00. The lowest BCUT2D eigenvalue weighted by atomic mass is 9.96. The second-order valence-corrected chi connectivity index (χ2v) is 5.03. The maximum absolute atomic E-state index is 10.9. The van der Waals surface area contributed by atoms with Crippen molar-refractivity contribution in [3.8, 4) is 0 Å². The number of rotatable bonds is 2. The van der Waals surface area contributed by atoms with Crippen LogP contribution in [0.1, 0.15) is 42.0 Å². The van der Waals surface area contributed by atoms with Crippen LogP contribution in [0.3, 0.4) is 0 Å². The molecule has 2 aliphatic rings. The van der Waals surface area contributed by atoms with Crippen LogP contribution in [-0.2, 0) is 17.6 Å². The van der Waals surface area contributed by atoms with E-state index in [0.717, 1.165) is 19.3 Å². The SMILES string of the molecule is O=C(O)[C@@H]1CC[C@@H](c2cccc3c2CCC3)N1. The van der Waals surface area contributed by atoms with Crippen molar-refractivity contribution in [2.24, 2.45) is 0 Å². The predicted octanol–water partition coefficient (Wildman–Crippen LogP) is 2.05. The number of aryl methyl sites for hydroxylation is 1. The number of carboxylic acid groups (broad SMARTS) is 1. The molecule has 2 atom stereocenters. The molecule has 3 nitrogen and oxygen atoms in total. The first kappa shape index (κ1) is 10.8. The lowest BCUT2D eigenvalue weighted by Crippen LogP contribution is -2.32. The number of fused-ring (bicyclic) bond motifs is 1. The van der Waals surface area contributed by atoms with Gasteiger partial charge >= 0.3 is 5.97 Å². The number of hydrogen-bond donors (Lipinski definition) is 2. The lowest BCUT2D eigenvalue weighted by molar-refractivity contribution is -0.139. The number of hydrogen-bond acceptors (Lipinski definition) is 2. The minimum Gasteiger partial charge on any atom is -0.480 e. The Kier molecular flexibility index (Phi) is 2.63. The summed E-state index contributed by atoms with van der Waals surface area (Å²) in [6.45, 7) is 0. The van der Waals surface area contributed by atoms with Gasteiger partial charge in [-0.05, 0) is 48.8 Å². The van der Waals surface area contributed by atoms with Crippen molar-refractivity contribution in [3.05, 3.63) is 34.9 Å². The van der Waals surface area contributed by atoms with Crippen molar-refractivity contribution in [2.45, 2.75) is 44.2 Å². The van der Waals surface area contributed by atoms with Crippen LogP contribution in [0.2, 0.25) is 0 Å². The molecule has 0 unspecified atom stereocenters. The molecule has 0 radical (unpaired) electrons. The molecule has 1 fully saturated rings. The monoisotopic (exact) mass is 231 g/mol. The van der Waals surface area contributed by atoms with Gasteiger partial charge in [0.15, 0.2) is 0 Å². The van der Waals surface area contributed by atoms with E-state index in [4.69, 9.17) is 5.11 Å². The molecular formula is C14H17NO2. The molecule has 0 aromatic heterocycles. The highest BCUT2D eigenvalue weighted by Gasteiger charge is 2.31. The summed E-state index contributed by atoms with van der Waals surface area (Å²) in [5.41, 5.74) is 4.27. The third-order valence-electron chi connectivity index (χ3n) is 4.00. The Morgan fingerprint density at radius 1 is 1.29 bits per heavy atom. The third kappa shape index (κ3) is 1.84. The Morgan fingerprint density at radius 2 is 2.18 bits per heavy atom. The Hall–Kier alpha value is -1.35. The summed E-state index contributed by atoms with van der Waals surface area (Å²) < 4.78 is 0. The van der Waals surface area contributed by atoms with Gasteiger partial charge in [0, 0.05) is 6.04 Å². The largest absolute Gasteiger partial charge is 0.480 e. The van der Waals surface area contributed by atoms with E-state index in [1.807, 2.05) is 0 Å². The fourth-order valence-electron chi connectivity index (χ4n) is 3.16. The molecule has 0 spiro atoms. The minimum atomic E-state index is -0.722. The van der Waals surface area contributed by atoms with Crippen molar-refractivity contribution < 1.29 is 9.90 Å². The fourth-order valence-corrected chi connectivity index (χ4v) is 3.16. The molecule has 1 aliphatic heterocycles. The van der Waals surface area contributed by atoms with Crippen LogP contribution in [0.15, 0.2) is 18.2 Å². The maximum atomic E-state index is 10.9. The van der Waals surface area contributed by atoms with E-state index < -0.39 is 5.97 Å². The highest BCUT2D eigenvalue weighted by Crippen LogP contribution is 2.34. The molecule has 2 N–H and O–H groups in total. The van der Waals surface area contributed by atoms with E-state index >= 15 is 0 Å². The Morgan fingerprint density at radius 3 is 2.94 bits per heavy atom. The number of benzene rings is 1. The van der Waals surface area contributed by atoms with Gasteiger partial charge in [-0.25, -0.2) is 0 Å². The molecule has 17 heavy (non-hydrogen) atoms. The van der Waals surface area contributed by atoms with Crippen molar-refractivity contribution in [1.82, 2.24) is 5.32 Å². The van der Waals surface area contributed by atoms with Crippen molar-refractivity contribution in [3.63, 3.8) is 0 Å². The molecule has 3 heteroatoms. The van der Waals surface area contributed by atoms with Crippen LogP contribution < -0.4 is 5.32 Å². The van der Waals surface area contributed by atoms with Crippen LogP contribution in [-0.4, -0.2) is 17.1 Å². The average Bonchev–Trinajstić information content (AvgIpc) is 2.97. The van der Waals surface area contributed by atoms with Gasteiger partial charge in [-0.15, -0.1) is 0 Å². The Labute approximate surface area is 101 Å². The minimum absolute atomic E-state index is 0.240. The summed E-state index contributed by atoms with van der Waals surface area (Å²) in [6, 6.07) is 6.35. The zero-order valence-electron chi connectivity index (χ0n) is 9.78. The highest BCUT2D eigenvalue weighted by molar-refractivity contribution is 5.74. The summed E-state index contributed by atoms with van der Waals surface area (Å²) in [4.78, 5) is 10.9. The molecule has 0 saturated carbocycles. The number of nitrogens with one attached hydrogen (secondary N) is 1. The first-order valence-electron chi connectivity index (χ1n) is 6.35. The second-order valence-electron chi connectivity index (χ2n) is 5.03. The van der Waals surface area contributed by atoms with Crippen LogP contribution in [0.4, 0.5) is 0 Å². The molecular weight excluding hydrogens is 214 g/mol. The number of carboxylic acids is 1. The average molecular weight is 231 g/mol. The van der Waals surface area contributed by atoms with Gasteiger partial charge < -0.3 is 5.11 Å². The number of carbonyl (C=O) groups is 1. The smallest absolute Gasteiger partial charge is 0.320 e. The van der Waals surface area contributed by atoms with E-state index in [0.29, 0.717) is 0 Å². The zero-order valence-corrected chi connectivity index (χ0v) is 9.78. The Balaban J connectivity index is 1.86. The van der Waals surface area contributed by atoms with Crippen molar-refractivity contribution >= 4 is 5.97 Å². The van der Waals surface area contributed by atoms with Crippen LogP contribution in [0.5, 0.6) is 0 Å². The van der Waals surface area contributed by atoms with Gasteiger partial charge in [0.2, 0.25) is 0 Å². The summed E-state index contributed by atoms with van der Waals surface area (Å²) in [6.07, 6.45) is 5.25. The summed E-state index contributed by atoms with van der Waals surface area (Å²) in [7, 11) is 0. The van der Waals surface area contributed by atoms with Gasteiger partial charge in [-0.3, -0.25) is 10.1 Å². The molecule has 0 bridgehead atoms. The van der Waals surface area contributed by atoms with Crippen molar-refractivity contribution in [2.75, 3.05) is 0 Å². The molecule has 0 amide bonds. The number of aliphatic carboxylic acids is 1. The summed E-state index contributed by atoms with van der Waals surface area (Å²) in [5.74, 6) is -0.722. The summed E-state index contributed by atoms with van der Waals surface area (Å²) in [5, 5.41) is 12.2. The molecule has 3 rings (SSSR count). The molecule has 1 aromatic carbocycles. The predicted molar refractivity (Wildman–Crippen MR) is 65.0 cm³/mol. The summed E-state index contributed by atoms with van der Waals surface area (Å²) >= 11 is 0. The van der Waals surface area contributed by atoms with Gasteiger partial charge in [-0.2, -0.15) is 0 Å². The van der Waals surface area contributed by atoms with Gasteiger partial charge in [0.1, 0.15) is 6.04 Å². The van der Waals surface area contributed by atoms with Crippen molar-refractivity contribution in [1.29, 1.82) is 0 Å². The first-order valence-corrected chi connectivity index (χ1v) is 6.35. The van der Waals surface area contributed by atoms with Gasteiger partial charge in [0.05, 0.1) is 0 Å². The van der Waals surface area contributed by atoms with E-state index in [9.17, 15) is 4.79 Å².